The van der Waals surface area contributed by atoms with Crippen LogP contribution in [0.5, 0.6) is 0 Å². The molecule has 0 aromatic carbocycles. The van der Waals surface area contributed by atoms with Crippen LogP contribution in [0.3, 0.4) is 0 Å². The van der Waals surface area contributed by atoms with E-state index in [1.165, 1.54) is 0 Å². The highest BCUT2D eigenvalue weighted by Crippen LogP contribution is 2.37. The number of nitrogens with zero attached hydrogens (tertiary/aromatic N) is 5. The van der Waals surface area contributed by atoms with Gasteiger partial charge in [-0.25, -0.2) is 14.6 Å². The zero-order chi connectivity index (χ0) is 18.9. The molecule has 1 atom stereocenters. The fourth-order valence-electron chi connectivity index (χ4n) is 3.38. The number of nitrogens with one attached hydrogen (secondary N) is 1. The number of carbonyl (C=O) groups is 1. The van der Waals surface area contributed by atoms with E-state index in [0.717, 1.165) is 16.9 Å². The molecule has 0 spiro atoms. The maximum absolute atomic E-state index is 12.3. The van der Waals surface area contributed by atoms with Gasteiger partial charge in [0.05, 0.1) is 12.5 Å². The lowest BCUT2D eigenvalue weighted by atomic mass is 9.89. The zero-order valence-corrected chi connectivity index (χ0v) is 14.8. The summed E-state index contributed by atoms with van der Waals surface area (Å²) in [5.41, 5.74) is 2.52. The maximum atomic E-state index is 12.3. The van der Waals surface area contributed by atoms with Gasteiger partial charge in [0.15, 0.2) is 5.82 Å². The van der Waals surface area contributed by atoms with Gasteiger partial charge in [0, 0.05) is 36.5 Å². The fraction of sp³-hybridized carbons (Fsp3) is 0.150. The third-order valence-corrected chi connectivity index (χ3v) is 4.74. The average molecular weight is 372 g/mol. The minimum Gasteiger partial charge on any atom is -0.467 e. The Kier molecular flexibility index (Phi) is 3.93. The van der Waals surface area contributed by atoms with E-state index in [1.807, 2.05) is 30.3 Å². The van der Waals surface area contributed by atoms with E-state index >= 15 is 0 Å². The SMILES string of the molecule is O=C1C[C@H](c2cnc(-c3ccccn3)nc2)c2cnn(Cc3ccco3)c2N1. The molecule has 5 rings (SSSR count). The third-order valence-electron chi connectivity index (χ3n) is 4.74. The summed E-state index contributed by atoms with van der Waals surface area (Å²) in [6, 6.07) is 9.30. The molecule has 1 aliphatic heterocycles. The van der Waals surface area contributed by atoms with E-state index in [2.05, 4.69) is 25.4 Å². The summed E-state index contributed by atoms with van der Waals surface area (Å²) in [6.07, 6.45) is 8.95. The molecule has 8 heteroatoms. The lowest BCUT2D eigenvalue weighted by molar-refractivity contribution is -0.116. The van der Waals surface area contributed by atoms with Crippen molar-refractivity contribution in [1.29, 1.82) is 0 Å². The summed E-state index contributed by atoms with van der Waals surface area (Å²) in [5, 5.41) is 7.37. The summed E-state index contributed by atoms with van der Waals surface area (Å²) in [7, 11) is 0. The van der Waals surface area contributed by atoms with Crippen LogP contribution in [0.1, 0.15) is 29.2 Å². The molecule has 0 fully saturated rings. The summed E-state index contributed by atoms with van der Waals surface area (Å²) in [5.74, 6) is 1.80. The summed E-state index contributed by atoms with van der Waals surface area (Å²) in [4.78, 5) is 25.5. The number of pyridine rings is 1. The molecule has 5 heterocycles. The van der Waals surface area contributed by atoms with Crippen LogP contribution >= 0.6 is 0 Å². The van der Waals surface area contributed by atoms with Crippen molar-refractivity contribution in [3.8, 4) is 11.5 Å². The van der Waals surface area contributed by atoms with Gasteiger partial charge in [0.25, 0.3) is 0 Å². The molecule has 0 unspecified atom stereocenters. The smallest absolute Gasteiger partial charge is 0.226 e. The Hall–Kier alpha value is -3.81. The van der Waals surface area contributed by atoms with Crippen molar-refractivity contribution in [3.63, 3.8) is 0 Å². The second kappa shape index (κ2) is 6.73. The molecular weight excluding hydrogens is 356 g/mol. The monoisotopic (exact) mass is 372 g/mol. The van der Waals surface area contributed by atoms with Crippen molar-refractivity contribution in [3.05, 3.63) is 78.3 Å². The highest BCUT2D eigenvalue weighted by Gasteiger charge is 2.30. The van der Waals surface area contributed by atoms with Crippen molar-refractivity contribution < 1.29 is 9.21 Å². The Morgan fingerprint density at radius 3 is 2.75 bits per heavy atom. The lowest BCUT2D eigenvalue weighted by Crippen LogP contribution is -2.25. The molecular formula is C20H16N6O2. The number of amides is 1. The molecule has 0 bridgehead atoms. The second-order valence-corrected chi connectivity index (χ2v) is 6.55. The molecule has 4 aromatic rings. The first-order valence-electron chi connectivity index (χ1n) is 8.89. The van der Waals surface area contributed by atoms with Crippen molar-refractivity contribution in [1.82, 2.24) is 24.7 Å². The summed E-state index contributed by atoms with van der Waals surface area (Å²) in [6.45, 7) is 0.449. The van der Waals surface area contributed by atoms with Crippen LogP contribution in [0.15, 0.2) is 65.8 Å². The highest BCUT2D eigenvalue weighted by atomic mass is 16.3. The van der Waals surface area contributed by atoms with E-state index in [-0.39, 0.29) is 11.8 Å². The number of hydrogen-bond donors (Lipinski definition) is 1. The molecule has 0 aliphatic carbocycles. The Labute approximate surface area is 160 Å². The van der Waals surface area contributed by atoms with Crippen LogP contribution in [-0.2, 0) is 11.3 Å². The summed E-state index contributed by atoms with van der Waals surface area (Å²) < 4.78 is 7.13. The number of furan rings is 1. The van der Waals surface area contributed by atoms with E-state index < -0.39 is 0 Å². The number of fused-ring (bicyclic) bond motifs is 1. The van der Waals surface area contributed by atoms with Gasteiger partial charge in [-0.15, -0.1) is 0 Å². The Morgan fingerprint density at radius 2 is 2.00 bits per heavy atom. The third kappa shape index (κ3) is 2.94. The van der Waals surface area contributed by atoms with Crippen LogP contribution in [0.25, 0.3) is 11.5 Å². The first-order valence-corrected chi connectivity index (χ1v) is 8.89. The molecule has 138 valence electrons. The van der Waals surface area contributed by atoms with Crippen LogP contribution in [-0.4, -0.2) is 30.6 Å². The van der Waals surface area contributed by atoms with Gasteiger partial charge in [-0.2, -0.15) is 5.10 Å². The quantitative estimate of drug-likeness (QED) is 0.591. The molecule has 28 heavy (non-hydrogen) atoms. The predicted molar refractivity (Wildman–Crippen MR) is 100 cm³/mol. The van der Waals surface area contributed by atoms with Crippen LogP contribution in [0.2, 0.25) is 0 Å². The van der Waals surface area contributed by atoms with Gasteiger partial charge >= 0.3 is 0 Å². The first kappa shape index (κ1) is 16.4. The maximum Gasteiger partial charge on any atom is 0.226 e. The van der Waals surface area contributed by atoms with Crippen molar-refractivity contribution in [2.75, 3.05) is 5.32 Å². The first-order chi connectivity index (χ1) is 13.8. The lowest BCUT2D eigenvalue weighted by Gasteiger charge is -2.23. The van der Waals surface area contributed by atoms with Gasteiger partial charge in [-0.05, 0) is 29.8 Å². The number of aromatic nitrogens is 5. The standard InChI is InChI=1S/C20H16N6O2/c27-18-8-15(13-9-22-19(23-10-13)17-5-1-2-6-21-17)16-11-24-26(20(16)25-18)12-14-4-3-7-28-14/h1-7,9-11,15H,8,12H2,(H,25,27)/t15-/m1/s1. The molecule has 1 N–H and O–H groups in total. The molecule has 1 amide bonds. The van der Waals surface area contributed by atoms with Gasteiger partial charge in [0.1, 0.15) is 23.8 Å². The van der Waals surface area contributed by atoms with Gasteiger partial charge in [0.2, 0.25) is 5.91 Å². The second-order valence-electron chi connectivity index (χ2n) is 6.55. The number of hydrogen-bond acceptors (Lipinski definition) is 6. The minimum atomic E-state index is -0.146. The highest BCUT2D eigenvalue weighted by molar-refractivity contribution is 5.94. The van der Waals surface area contributed by atoms with E-state index in [0.29, 0.717) is 30.3 Å². The Morgan fingerprint density at radius 1 is 1.11 bits per heavy atom. The Balaban J connectivity index is 1.47. The molecule has 0 saturated carbocycles. The molecule has 1 aliphatic rings. The van der Waals surface area contributed by atoms with Crippen molar-refractivity contribution >= 4 is 11.7 Å². The van der Waals surface area contributed by atoms with Crippen molar-refractivity contribution in [2.24, 2.45) is 0 Å². The molecule has 0 saturated heterocycles. The van der Waals surface area contributed by atoms with E-state index in [4.69, 9.17) is 4.42 Å². The predicted octanol–water partition coefficient (Wildman–Crippen LogP) is 2.85. The number of carbonyl (C=O) groups excluding carboxylic acids is 1. The van der Waals surface area contributed by atoms with Gasteiger partial charge < -0.3 is 9.73 Å². The number of rotatable bonds is 4. The number of anilines is 1. The zero-order valence-electron chi connectivity index (χ0n) is 14.8. The largest absolute Gasteiger partial charge is 0.467 e. The minimum absolute atomic E-state index is 0.0625. The molecule has 8 nitrogen and oxygen atoms in total. The van der Waals surface area contributed by atoms with Gasteiger partial charge in [-0.3, -0.25) is 9.78 Å². The topological polar surface area (TPSA) is 98.7 Å². The van der Waals surface area contributed by atoms with Crippen molar-refractivity contribution in [2.45, 2.75) is 18.9 Å². The van der Waals surface area contributed by atoms with Crippen LogP contribution in [0.4, 0.5) is 5.82 Å². The average Bonchev–Trinajstić information content (AvgIpc) is 3.39. The van der Waals surface area contributed by atoms with Crippen LogP contribution in [0, 0.1) is 0 Å². The summed E-state index contributed by atoms with van der Waals surface area (Å²) >= 11 is 0. The molecule has 0 radical (unpaired) electrons. The Bertz CT molecular complexity index is 1100. The van der Waals surface area contributed by atoms with Gasteiger partial charge in [-0.1, -0.05) is 6.07 Å². The van der Waals surface area contributed by atoms with E-state index in [1.54, 1.807) is 35.7 Å². The molecule has 4 aromatic heterocycles. The van der Waals surface area contributed by atoms with E-state index in [9.17, 15) is 4.79 Å². The normalized spacial score (nSPS) is 15.9. The van der Waals surface area contributed by atoms with Crippen LogP contribution < -0.4 is 5.32 Å². The fourth-order valence-corrected chi connectivity index (χ4v) is 3.38.